The van der Waals surface area contributed by atoms with Crippen LogP contribution in [-0.2, 0) is 15.6 Å². The number of nitrogens with two attached hydrogens (primary N) is 1. The molecule has 2 N–H and O–H groups in total. The zero-order valence-electron chi connectivity index (χ0n) is 8.78. The van der Waals surface area contributed by atoms with Crippen LogP contribution in [0.4, 0.5) is 4.39 Å². The van der Waals surface area contributed by atoms with Crippen LogP contribution in [0.1, 0.15) is 12.5 Å². The van der Waals surface area contributed by atoms with Crippen molar-refractivity contribution in [2.75, 3.05) is 5.75 Å². The number of rotatable bonds is 4. The van der Waals surface area contributed by atoms with Gasteiger partial charge in [0.05, 0.1) is 16.5 Å². The van der Waals surface area contributed by atoms with Crippen molar-refractivity contribution < 1.29 is 12.8 Å². The molecule has 1 aromatic rings. The first kappa shape index (κ1) is 13.4. The van der Waals surface area contributed by atoms with Gasteiger partial charge in [-0.2, -0.15) is 0 Å². The molecule has 0 aliphatic heterocycles. The third-order valence-corrected chi connectivity index (χ3v) is 4.00. The number of benzene rings is 1. The van der Waals surface area contributed by atoms with Crippen LogP contribution in [0.15, 0.2) is 18.2 Å². The molecule has 0 amide bonds. The smallest absolute Gasteiger partial charge is 0.155 e. The molecule has 1 aromatic carbocycles. The molecule has 0 radical (unpaired) electrons. The Bertz CT molecular complexity index is 474. The lowest BCUT2D eigenvalue weighted by Gasteiger charge is -2.07. The maximum Gasteiger partial charge on any atom is 0.155 e. The van der Waals surface area contributed by atoms with E-state index in [1.165, 1.54) is 12.1 Å². The maximum absolute atomic E-state index is 13.1. The standard InChI is InChI=1S/C10H13ClFNO2S/c1-7(13)5-16(14,15)6-8-2-3-9(11)10(12)4-8/h2-4,7H,5-6,13H2,1H3. The van der Waals surface area contributed by atoms with Gasteiger partial charge in [0.25, 0.3) is 0 Å². The zero-order valence-corrected chi connectivity index (χ0v) is 10.4. The van der Waals surface area contributed by atoms with Crippen molar-refractivity contribution in [2.24, 2.45) is 5.73 Å². The number of hydrogen-bond donors (Lipinski definition) is 1. The Balaban J connectivity index is 2.84. The molecule has 0 aromatic heterocycles. The average Bonchev–Trinajstić information content (AvgIpc) is 2.08. The Hall–Kier alpha value is -0.650. The van der Waals surface area contributed by atoms with Gasteiger partial charge in [0.2, 0.25) is 0 Å². The summed E-state index contributed by atoms with van der Waals surface area (Å²) in [5.74, 6) is -0.949. The van der Waals surface area contributed by atoms with E-state index in [9.17, 15) is 12.8 Å². The number of sulfone groups is 1. The van der Waals surface area contributed by atoms with Gasteiger partial charge >= 0.3 is 0 Å². The minimum atomic E-state index is -3.30. The van der Waals surface area contributed by atoms with Crippen LogP contribution in [0.25, 0.3) is 0 Å². The van der Waals surface area contributed by atoms with E-state index in [1.807, 2.05) is 0 Å². The quantitative estimate of drug-likeness (QED) is 0.902. The molecule has 0 saturated heterocycles. The van der Waals surface area contributed by atoms with Crippen molar-refractivity contribution in [3.63, 3.8) is 0 Å². The van der Waals surface area contributed by atoms with Crippen molar-refractivity contribution >= 4 is 21.4 Å². The van der Waals surface area contributed by atoms with Gasteiger partial charge in [-0.05, 0) is 24.6 Å². The van der Waals surface area contributed by atoms with E-state index in [2.05, 4.69) is 0 Å². The minimum absolute atomic E-state index is 0.0201. The highest BCUT2D eigenvalue weighted by atomic mass is 35.5. The lowest BCUT2D eigenvalue weighted by atomic mass is 10.2. The summed E-state index contributed by atoms with van der Waals surface area (Å²) in [5, 5.41) is -0.0201. The van der Waals surface area contributed by atoms with E-state index < -0.39 is 21.7 Å². The maximum atomic E-state index is 13.1. The molecule has 16 heavy (non-hydrogen) atoms. The molecular weight excluding hydrogens is 253 g/mol. The second-order valence-corrected chi connectivity index (χ2v) is 6.30. The van der Waals surface area contributed by atoms with E-state index in [1.54, 1.807) is 6.92 Å². The predicted molar refractivity (Wildman–Crippen MR) is 62.6 cm³/mol. The average molecular weight is 266 g/mol. The van der Waals surface area contributed by atoms with Crippen molar-refractivity contribution in [3.8, 4) is 0 Å². The SMILES string of the molecule is CC(N)CS(=O)(=O)Cc1ccc(Cl)c(F)c1. The highest BCUT2D eigenvalue weighted by Crippen LogP contribution is 2.17. The molecule has 0 saturated carbocycles. The molecule has 0 aliphatic rings. The van der Waals surface area contributed by atoms with Crippen molar-refractivity contribution in [1.29, 1.82) is 0 Å². The first-order valence-corrected chi connectivity index (χ1v) is 6.90. The van der Waals surface area contributed by atoms with E-state index in [0.717, 1.165) is 6.07 Å². The normalized spacial score (nSPS) is 13.8. The lowest BCUT2D eigenvalue weighted by Crippen LogP contribution is -2.27. The third-order valence-electron chi connectivity index (χ3n) is 1.89. The van der Waals surface area contributed by atoms with E-state index in [0.29, 0.717) is 5.56 Å². The van der Waals surface area contributed by atoms with Crippen LogP contribution in [-0.4, -0.2) is 20.2 Å². The molecule has 90 valence electrons. The summed E-state index contributed by atoms with van der Waals surface area (Å²) < 4.78 is 36.2. The summed E-state index contributed by atoms with van der Waals surface area (Å²) in [5.41, 5.74) is 5.79. The molecule has 0 fully saturated rings. The molecule has 0 heterocycles. The topological polar surface area (TPSA) is 60.2 Å². The van der Waals surface area contributed by atoms with Gasteiger partial charge in [-0.3, -0.25) is 0 Å². The summed E-state index contributed by atoms with van der Waals surface area (Å²) in [6.07, 6.45) is 0. The fourth-order valence-corrected chi connectivity index (χ4v) is 3.07. The van der Waals surface area contributed by atoms with Crippen molar-refractivity contribution in [2.45, 2.75) is 18.7 Å². The largest absolute Gasteiger partial charge is 0.327 e. The van der Waals surface area contributed by atoms with E-state index in [-0.39, 0.29) is 16.5 Å². The van der Waals surface area contributed by atoms with Crippen LogP contribution in [0.2, 0.25) is 5.02 Å². The van der Waals surface area contributed by atoms with Crippen LogP contribution in [0, 0.1) is 5.82 Å². The summed E-state index contributed by atoms with van der Waals surface area (Å²) >= 11 is 5.49. The predicted octanol–water partition coefficient (Wildman–Crippen LogP) is 1.74. The summed E-state index contributed by atoms with van der Waals surface area (Å²) in [6.45, 7) is 1.61. The fourth-order valence-electron chi connectivity index (χ4n) is 1.34. The van der Waals surface area contributed by atoms with Gasteiger partial charge in [0.15, 0.2) is 9.84 Å². The Morgan fingerprint density at radius 2 is 2.12 bits per heavy atom. The van der Waals surface area contributed by atoms with E-state index in [4.69, 9.17) is 17.3 Å². The molecule has 1 rings (SSSR count). The van der Waals surface area contributed by atoms with Gasteiger partial charge in [0.1, 0.15) is 5.82 Å². The Morgan fingerprint density at radius 3 is 2.62 bits per heavy atom. The van der Waals surface area contributed by atoms with Gasteiger partial charge < -0.3 is 5.73 Å². The second kappa shape index (κ2) is 5.12. The van der Waals surface area contributed by atoms with Crippen LogP contribution in [0.3, 0.4) is 0 Å². The van der Waals surface area contributed by atoms with Gasteiger partial charge in [0, 0.05) is 6.04 Å². The first-order chi connectivity index (χ1) is 7.30. The van der Waals surface area contributed by atoms with Crippen LogP contribution >= 0.6 is 11.6 Å². The fraction of sp³-hybridized carbons (Fsp3) is 0.400. The zero-order chi connectivity index (χ0) is 12.3. The summed E-state index contributed by atoms with van der Waals surface area (Å²) in [4.78, 5) is 0. The molecule has 0 bridgehead atoms. The van der Waals surface area contributed by atoms with Crippen LogP contribution < -0.4 is 5.73 Å². The van der Waals surface area contributed by atoms with Crippen LogP contribution in [0.5, 0.6) is 0 Å². The monoisotopic (exact) mass is 265 g/mol. The third kappa shape index (κ3) is 4.08. The number of halogens is 2. The molecule has 0 spiro atoms. The van der Waals surface area contributed by atoms with Gasteiger partial charge in [-0.25, -0.2) is 12.8 Å². The van der Waals surface area contributed by atoms with Crippen molar-refractivity contribution in [1.82, 2.24) is 0 Å². The first-order valence-electron chi connectivity index (χ1n) is 4.70. The number of hydrogen-bond acceptors (Lipinski definition) is 3. The highest BCUT2D eigenvalue weighted by molar-refractivity contribution is 7.90. The summed E-state index contributed by atoms with van der Waals surface area (Å²) in [7, 11) is -3.30. The van der Waals surface area contributed by atoms with Gasteiger partial charge in [-0.15, -0.1) is 0 Å². The Morgan fingerprint density at radius 1 is 1.50 bits per heavy atom. The van der Waals surface area contributed by atoms with E-state index >= 15 is 0 Å². The molecular formula is C10H13ClFNO2S. The Kier molecular flexibility index (Phi) is 4.29. The Labute approximate surface area is 99.3 Å². The lowest BCUT2D eigenvalue weighted by molar-refractivity contribution is 0.588. The van der Waals surface area contributed by atoms with Gasteiger partial charge in [-0.1, -0.05) is 17.7 Å². The highest BCUT2D eigenvalue weighted by Gasteiger charge is 2.15. The minimum Gasteiger partial charge on any atom is -0.327 e. The molecule has 6 heteroatoms. The molecule has 1 unspecified atom stereocenters. The molecule has 1 atom stereocenters. The summed E-state index contributed by atoms with van der Waals surface area (Å²) in [6, 6.07) is 3.53. The molecule has 0 aliphatic carbocycles. The molecule has 3 nitrogen and oxygen atoms in total. The van der Waals surface area contributed by atoms with Crippen molar-refractivity contribution in [3.05, 3.63) is 34.6 Å². The second-order valence-electron chi connectivity index (χ2n) is 3.78.